The maximum absolute atomic E-state index is 12.1. The number of nitro benzene ring substituents is 1. The highest BCUT2D eigenvalue weighted by molar-refractivity contribution is 6.00. The van der Waals surface area contributed by atoms with Gasteiger partial charge in [-0.3, -0.25) is 14.9 Å². The van der Waals surface area contributed by atoms with E-state index >= 15 is 0 Å². The van der Waals surface area contributed by atoms with Crippen LogP contribution < -0.4 is 4.74 Å². The fraction of sp³-hybridized carbons (Fsp3) is 0.300. The van der Waals surface area contributed by atoms with Gasteiger partial charge in [0, 0.05) is 0 Å². The number of nitro groups is 1. The van der Waals surface area contributed by atoms with Gasteiger partial charge in [-0.05, 0) is 25.5 Å². The minimum atomic E-state index is -3.18. The molecule has 1 rings (SSSR count). The number of nitrogens with zero attached hydrogens (tertiary/aromatic N) is 1. The molecule has 0 fully saturated rings. The maximum Gasteiger partial charge on any atom is 0.387 e. The first-order valence-corrected chi connectivity index (χ1v) is 4.58. The van der Waals surface area contributed by atoms with E-state index in [1.54, 1.807) is 0 Å². The molecule has 0 aliphatic carbocycles. The van der Waals surface area contributed by atoms with Crippen molar-refractivity contribution in [2.75, 3.05) is 0 Å². The number of carbonyl (C=O) groups is 1. The molecule has 1 aromatic rings. The summed E-state index contributed by atoms with van der Waals surface area (Å²) in [5.74, 6) is -1.19. The molecule has 17 heavy (non-hydrogen) atoms. The SMILES string of the molecule is CC(=O)c1c(C)ccc(OC(F)F)c1[N+](=O)[O-]. The zero-order chi connectivity index (χ0) is 13.2. The normalized spacial score (nSPS) is 10.4. The van der Waals surface area contributed by atoms with Crippen molar-refractivity contribution in [3.8, 4) is 5.75 Å². The summed E-state index contributed by atoms with van der Waals surface area (Å²) in [5, 5.41) is 10.8. The van der Waals surface area contributed by atoms with Gasteiger partial charge in [-0.25, -0.2) is 0 Å². The van der Waals surface area contributed by atoms with Crippen molar-refractivity contribution in [3.63, 3.8) is 0 Å². The molecule has 0 N–H and O–H groups in total. The van der Waals surface area contributed by atoms with Crippen molar-refractivity contribution in [2.24, 2.45) is 0 Å². The number of carbonyl (C=O) groups excluding carboxylic acids is 1. The second-order valence-electron chi connectivity index (χ2n) is 3.30. The fourth-order valence-corrected chi connectivity index (χ4v) is 1.49. The van der Waals surface area contributed by atoms with Crippen LogP contribution >= 0.6 is 0 Å². The van der Waals surface area contributed by atoms with Crippen LogP contribution in [0.5, 0.6) is 5.75 Å². The van der Waals surface area contributed by atoms with E-state index in [0.29, 0.717) is 5.56 Å². The summed E-state index contributed by atoms with van der Waals surface area (Å²) in [7, 11) is 0. The van der Waals surface area contributed by atoms with Crippen molar-refractivity contribution in [1.29, 1.82) is 0 Å². The molecule has 0 atom stereocenters. The summed E-state index contributed by atoms with van der Waals surface area (Å²) in [6.45, 7) is -0.576. The number of benzene rings is 1. The lowest BCUT2D eigenvalue weighted by molar-refractivity contribution is -0.386. The Hall–Kier alpha value is -2.05. The molecule has 0 amide bonds. The van der Waals surface area contributed by atoms with Gasteiger partial charge in [0.05, 0.1) is 4.92 Å². The lowest BCUT2D eigenvalue weighted by atomic mass is 10.0. The molecule has 7 heteroatoms. The largest absolute Gasteiger partial charge is 0.427 e. The maximum atomic E-state index is 12.1. The van der Waals surface area contributed by atoms with Crippen LogP contribution in [0.4, 0.5) is 14.5 Å². The molecule has 0 saturated heterocycles. The van der Waals surface area contributed by atoms with Crippen LogP contribution in [0.15, 0.2) is 12.1 Å². The van der Waals surface area contributed by atoms with E-state index in [9.17, 15) is 23.7 Å². The van der Waals surface area contributed by atoms with E-state index in [1.165, 1.54) is 13.0 Å². The molecule has 0 aliphatic rings. The van der Waals surface area contributed by atoms with E-state index in [-0.39, 0.29) is 5.56 Å². The molecular weight excluding hydrogens is 236 g/mol. The summed E-state index contributed by atoms with van der Waals surface area (Å²) in [6.07, 6.45) is 0. The minimum absolute atomic E-state index is 0.215. The molecule has 0 radical (unpaired) electrons. The molecule has 92 valence electrons. The lowest BCUT2D eigenvalue weighted by Gasteiger charge is -2.09. The first kappa shape index (κ1) is 13.0. The topological polar surface area (TPSA) is 69.4 Å². The van der Waals surface area contributed by atoms with Gasteiger partial charge < -0.3 is 4.74 Å². The number of halogens is 2. The van der Waals surface area contributed by atoms with Gasteiger partial charge in [-0.15, -0.1) is 0 Å². The van der Waals surface area contributed by atoms with E-state index in [2.05, 4.69) is 4.74 Å². The monoisotopic (exact) mass is 245 g/mol. The Labute approximate surface area is 95.2 Å². The first-order chi connectivity index (χ1) is 7.84. The zero-order valence-electron chi connectivity index (χ0n) is 9.07. The van der Waals surface area contributed by atoms with Crippen molar-refractivity contribution in [1.82, 2.24) is 0 Å². The standard InChI is InChI=1S/C10H9F2NO4/c1-5-3-4-7(17-10(11)12)9(13(15)16)8(5)6(2)14/h3-4,10H,1-2H3. The highest BCUT2D eigenvalue weighted by Crippen LogP contribution is 2.34. The van der Waals surface area contributed by atoms with Crippen molar-refractivity contribution in [2.45, 2.75) is 20.5 Å². The van der Waals surface area contributed by atoms with Gasteiger partial charge in [-0.1, -0.05) is 6.07 Å². The molecule has 0 aromatic heterocycles. The quantitative estimate of drug-likeness (QED) is 0.464. The van der Waals surface area contributed by atoms with Gasteiger partial charge in [0.25, 0.3) is 0 Å². The van der Waals surface area contributed by atoms with Crippen molar-refractivity contribution < 1.29 is 23.2 Å². The third kappa shape index (κ3) is 2.74. The van der Waals surface area contributed by atoms with E-state index in [0.717, 1.165) is 13.0 Å². The number of rotatable bonds is 4. The molecule has 0 bridgehead atoms. The third-order valence-electron chi connectivity index (χ3n) is 2.10. The van der Waals surface area contributed by atoms with Crippen LogP contribution in [0.1, 0.15) is 22.8 Å². The molecule has 1 aromatic carbocycles. The van der Waals surface area contributed by atoms with Crippen LogP contribution in [-0.4, -0.2) is 17.3 Å². The van der Waals surface area contributed by atoms with E-state index in [1.807, 2.05) is 0 Å². The average Bonchev–Trinajstić information content (AvgIpc) is 2.18. The molecule has 0 aliphatic heterocycles. The Morgan fingerprint density at radius 1 is 1.47 bits per heavy atom. The van der Waals surface area contributed by atoms with Gasteiger partial charge in [0.1, 0.15) is 5.56 Å². The highest BCUT2D eigenvalue weighted by Gasteiger charge is 2.27. The molecule has 0 heterocycles. The number of aryl methyl sites for hydroxylation is 1. The number of ketones is 1. The Kier molecular flexibility index (Phi) is 3.72. The molecule has 0 saturated carbocycles. The summed E-state index contributed by atoms with van der Waals surface area (Å²) in [4.78, 5) is 21.2. The molecular formula is C10H9F2NO4. The summed E-state index contributed by atoms with van der Waals surface area (Å²) in [6, 6.07) is 2.37. The van der Waals surface area contributed by atoms with Gasteiger partial charge >= 0.3 is 12.3 Å². The van der Waals surface area contributed by atoms with Crippen LogP contribution in [0.2, 0.25) is 0 Å². The van der Waals surface area contributed by atoms with Crippen LogP contribution in [0.3, 0.4) is 0 Å². The summed E-state index contributed by atoms with van der Waals surface area (Å²) < 4.78 is 28.2. The third-order valence-corrected chi connectivity index (χ3v) is 2.10. The molecule has 0 spiro atoms. The number of hydrogen-bond donors (Lipinski definition) is 0. The Morgan fingerprint density at radius 3 is 2.47 bits per heavy atom. The Balaban J connectivity index is 3.47. The number of Topliss-reactive ketones (excluding diaryl/α,β-unsaturated/α-hetero) is 1. The van der Waals surface area contributed by atoms with Gasteiger partial charge in [0.2, 0.25) is 5.75 Å². The number of ether oxygens (including phenoxy) is 1. The van der Waals surface area contributed by atoms with E-state index < -0.39 is 28.8 Å². The summed E-state index contributed by atoms with van der Waals surface area (Å²) in [5.41, 5.74) is -0.600. The molecule has 0 unspecified atom stereocenters. The van der Waals surface area contributed by atoms with Gasteiger partial charge in [-0.2, -0.15) is 8.78 Å². The second-order valence-corrected chi connectivity index (χ2v) is 3.30. The lowest BCUT2D eigenvalue weighted by Crippen LogP contribution is -2.09. The minimum Gasteiger partial charge on any atom is -0.427 e. The van der Waals surface area contributed by atoms with E-state index in [4.69, 9.17) is 0 Å². The van der Waals surface area contributed by atoms with Crippen LogP contribution in [-0.2, 0) is 0 Å². The second kappa shape index (κ2) is 4.86. The highest BCUT2D eigenvalue weighted by atomic mass is 19.3. The summed E-state index contributed by atoms with van der Waals surface area (Å²) >= 11 is 0. The zero-order valence-corrected chi connectivity index (χ0v) is 9.07. The first-order valence-electron chi connectivity index (χ1n) is 4.58. The molecule has 5 nitrogen and oxygen atoms in total. The fourth-order valence-electron chi connectivity index (χ4n) is 1.49. The smallest absolute Gasteiger partial charge is 0.387 e. The van der Waals surface area contributed by atoms with Crippen LogP contribution in [0, 0.1) is 17.0 Å². The Bertz CT molecular complexity index is 474. The van der Waals surface area contributed by atoms with Gasteiger partial charge in [0.15, 0.2) is 5.78 Å². The predicted molar refractivity (Wildman–Crippen MR) is 54.5 cm³/mol. The number of hydrogen-bond acceptors (Lipinski definition) is 4. The van der Waals surface area contributed by atoms with Crippen molar-refractivity contribution in [3.05, 3.63) is 33.4 Å². The number of alkyl halides is 2. The predicted octanol–water partition coefficient (Wildman–Crippen LogP) is 2.71. The van der Waals surface area contributed by atoms with Crippen LogP contribution in [0.25, 0.3) is 0 Å². The van der Waals surface area contributed by atoms with Crippen molar-refractivity contribution >= 4 is 11.5 Å². The average molecular weight is 245 g/mol. The Morgan fingerprint density at radius 2 is 2.06 bits per heavy atom.